The van der Waals surface area contributed by atoms with E-state index in [1.807, 2.05) is 17.5 Å². The van der Waals surface area contributed by atoms with Crippen LogP contribution >= 0.6 is 0 Å². The second kappa shape index (κ2) is 6.40. The van der Waals surface area contributed by atoms with Gasteiger partial charge in [-0.3, -0.25) is 9.89 Å². The maximum absolute atomic E-state index is 12.8. The summed E-state index contributed by atoms with van der Waals surface area (Å²) in [7, 11) is 0. The van der Waals surface area contributed by atoms with Gasteiger partial charge in [0.2, 0.25) is 0 Å². The topological polar surface area (TPSA) is 87.1 Å². The zero-order valence-corrected chi connectivity index (χ0v) is 17.1. The molecule has 0 aliphatic carbocycles. The maximum Gasteiger partial charge on any atom is 0.262 e. The van der Waals surface area contributed by atoms with Crippen LogP contribution in [0.2, 0.25) is 0 Å². The summed E-state index contributed by atoms with van der Waals surface area (Å²) < 4.78 is 1.84. The second-order valence-electron chi connectivity index (χ2n) is 8.96. The number of carbonyl (C=O) groups is 1. The van der Waals surface area contributed by atoms with Gasteiger partial charge >= 0.3 is 0 Å². The largest absolute Gasteiger partial charge is 0.364 e. The fraction of sp³-hybridized carbons (Fsp3) is 0.450. The van der Waals surface area contributed by atoms with Crippen molar-refractivity contribution >= 4 is 23.2 Å². The molecule has 0 aliphatic rings. The van der Waals surface area contributed by atoms with Gasteiger partial charge in [-0.25, -0.2) is 14.5 Å². The van der Waals surface area contributed by atoms with Crippen LogP contribution in [0.3, 0.4) is 0 Å². The molecule has 27 heavy (non-hydrogen) atoms. The van der Waals surface area contributed by atoms with Crippen molar-refractivity contribution in [1.29, 1.82) is 0 Å². The van der Waals surface area contributed by atoms with Crippen molar-refractivity contribution in [2.24, 2.45) is 0 Å². The van der Waals surface area contributed by atoms with Gasteiger partial charge in [0.15, 0.2) is 11.5 Å². The van der Waals surface area contributed by atoms with Gasteiger partial charge in [-0.2, -0.15) is 0 Å². The molecule has 3 aromatic heterocycles. The van der Waals surface area contributed by atoms with Crippen molar-refractivity contribution in [1.82, 2.24) is 19.6 Å². The highest BCUT2D eigenvalue weighted by Gasteiger charge is 2.29. The predicted octanol–water partition coefficient (Wildman–Crippen LogP) is 4.13. The maximum atomic E-state index is 12.8. The summed E-state index contributed by atoms with van der Waals surface area (Å²) in [4.78, 5) is 21.8. The van der Waals surface area contributed by atoms with Crippen LogP contribution in [-0.4, -0.2) is 31.0 Å². The lowest BCUT2D eigenvalue weighted by atomic mass is 9.91. The van der Waals surface area contributed by atoms with E-state index in [0.717, 1.165) is 17.1 Å². The molecule has 3 aromatic rings. The van der Waals surface area contributed by atoms with Gasteiger partial charge in [-0.1, -0.05) is 26.8 Å². The first kappa shape index (κ1) is 18.9. The molecule has 0 saturated heterocycles. The Kier molecular flexibility index (Phi) is 4.49. The fourth-order valence-electron chi connectivity index (χ4n) is 2.81. The van der Waals surface area contributed by atoms with Gasteiger partial charge < -0.3 is 10.6 Å². The zero-order valence-electron chi connectivity index (χ0n) is 17.1. The van der Waals surface area contributed by atoms with Gasteiger partial charge in [0.25, 0.3) is 5.91 Å². The minimum Gasteiger partial charge on any atom is -0.364 e. The van der Waals surface area contributed by atoms with Crippen LogP contribution in [0.15, 0.2) is 24.5 Å². The molecule has 0 spiro atoms. The van der Waals surface area contributed by atoms with Crippen molar-refractivity contribution in [3.8, 4) is 0 Å². The summed E-state index contributed by atoms with van der Waals surface area (Å²) in [6.45, 7) is 14.6. The summed E-state index contributed by atoms with van der Waals surface area (Å²) in [5, 5.41) is 9.51. The standard InChI is InChI=1S/C20H28N6O/c1-12-8-9-14(21-10-12)23-18(27)13-11-22-26-16(13)24-15(19(2,3)4)17(26)25-20(5,6)7/h8-11,22,25H,1-7H3,(H,21,23,27). The number of nitrogens with one attached hydrogen (secondary N) is 3. The van der Waals surface area contributed by atoms with Gasteiger partial charge in [0, 0.05) is 23.3 Å². The summed E-state index contributed by atoms with van der Waals surface area (Å²) in [6.07, 6.45) is 3.40. The highest BCUT2D eigenvalue weighted by molar-refractivity contribution is 6.08. The van der Waals surface area contributed by atoms with E-state index in [0.29, 0.717) is 17.0 Å². The number of hydrogen-bond acceptors (Lipinski definition) is 4. The van der Waals surface area contributed by atoms with Crippen LogP contribution in [0.25, 0.3) is 5.65 Å². The van der Waals surface area contributed by atoms with E-state index >= 15 is 0 Å². The molecule has 7 nitrogen and oxygen atoms in total. The molecule has 0 bridgehead atoms. The number of amides is 1. The molecule has 0 aromatic carbocycles. The van der Waals surface area contributed by atoms with Crippen LogP contribution < -0.4 is 10.6 Å². The van der Waals surface area contributed by atoms with Crippen LogP contribution in [0.4, 0.5) is 11.6 Å². The Hall–Kier alpha value is -2.83. The first-order chi connectivity index (χ1) is 12.5. The van der Waals surface area contributed by atoms with Gasteiger partial charge in [-0.15, -0.1) is 0 Å². The summed E-state index contributed by atoms with van der Waals surface area (Å²) in [5.41, 5.74) is 2.70. The van der Waals surface area contributed by atoms with E-state index in [1.54, 1.807) is 18.5 Å². The molecule has 3 N–H and O–H groups in total. The third-order valence-electron chi connectivity index (χ3n) is 4.06. The molecular formula is C20H28N6O. The van der Waals surface area contributed by atoms with E-state index in [9.17, 15) is 4.79 Å². The number of aromatic amines is 1. The number of rotatable bonds is 3. The molecule has 3 rings (SSSR count). The molecule has 0 atom stereocenters. The molecular weight excluding hydrogens is 340 g/mol. The predicted molar refractivity (Wildman–Crippen MR) is 109 cm³/mol. The van der Waals surface area contributed by atoms with Crippen LogP contribution in [0, 0.1) is 6.92 Å². The summed E-state index contributed by atoms with van der Waals surface area (Å²) in [6, 6.07) is 3.70. The third-order valence-corrected chi connectivity index (χ3v) is 4.06. The van der Waals surface area contributed by atoms with Crippen LogP contribution in [-0.2, 0) is 5.41 Å². The molecule has 7 heteroatoms. The molecule has 3 heterocycles. The quantitative estimate of drug-likeness (QED) is 0.649. The number of pyridine rings is 1. The third kappa shape index (κ3) is 3.97. The molecule has 1 amide bonds. The number of carbonyl (C=O) groups excluding carboxylic acids is 1. The Morgan fingerprint density at radius 3 is 2.41 bits per heavy atom. The first-order valence-electron chi connectivity index (χ1n) is 9.08. The van der Waals surface area contributed by atoms with Crippen molar-refractivity contribution < 1.29 is 4.79 Å². The molecule has 0 unspecified atom stereocenters. The molecule has 0 saturated carbocycles. The number of aromatic nitrogens is 4. The van der Waals surface area contributed by atoms with Crippen molar-refractivity contribution in [2.75, 3.05) is 10.6 Å². The smallest absolute Gasteiger partial charge is 0.262 e. The van der Waals surface area contributed by atoms with Crippen molar-refractivity contribution in [3.05, 3.63) is 41.3 Å². The number of aryl methyl sites for hydroxylation is 1. The Morgan fingerprint density at radius 2 is 1.85 bits per heavy atom. The minimum atomic E-state index is -0.245. The summed E-state index contributed by atoms with van der Waals surface area (Å²) >= 11 is 0. The molecule has 0 aliphatic heterocycles. The minimum absolute atomic E-state index is 0.144. The van der Waals surface area contributed by atoms with Crippen LogP contribution in [0.1, 0.15) is 63.2 Å². The number of hydrogen-bond donors (Lipinski definition) is 3. The highest BCUT2D eigenvalue weighted by Crippen LogP contribution is 2.32. The highest BCUT2D eigenvalue weighted by atomic mass is 16.1. The van der Waals surface area contributed by atoms with E-state index in [-0.39, 0.29) is 16.9 Å². The average molecular weight is 368 g/mol. The fourth-order valence-corrected chi connectivity index (χ4v) is 2.81. The number of imidazole rings is 1. The van der Waals surface area contributed by atoms with E-state index < -0.39 is 0 Å². The van der Waals surface area contributed by atoms with E-state index in [4.69, 9.17) is 4.98 Å². The number of anilines is 2. The van der Waals surface area contributed by atoms with Crippen LogP contribution in [0.5, 0.6) is 0 Å². The molecule has 0 fully saturated rings. The lowest BCUT2D eigenvalue weighted by molar-refractivity contribution is 0.102. The van der Waals surface area contributed by atoms with E-state index in [1.165, 1.54) is 0 Å². The number of fused-ring (bicyclic) bond motifs is 1. The van der Waals surface area contributed by atoms with E-state index in [2.05, 4.69) is 62.3 Å². The average Bonchev–Trinajstić information content (AvgIpc) is 3.08. The lowest BCUT2D eigenvalue weighted by Gasteiger charge is -2.25. The Morgan fingerprint density at radius 1 is 1.15 bits per heavy atom. The Labute approximate surface area is 159 Å². The lowest BCUT2D eigenvalue weighted by Crippen LogP contribution is -2.29. The van der Waals surface area contributed by atoms with Gasteiger partial charge in [0.05, 0.1) is 5.69 Å². The monoisotopic (exact) mass is 368 g/mol. The van der Waals surface area contributed by atoms with Gasteiger partial charge in [0.1, 0.15) is 11.4 Å². The Balaban J connectivity index is 2.02. The first-order valence-corrected chi connectivity index (χ1v) is 9.08. The molecule has 0 radical (unpaired) electrons. The zero-order chi connectivity index (χ0) is 20.0. The normalized spacial score (nSPS) is 12.4. The SMILES string of the molecule is Cc1ccc(NC(=O)c2c[nH]n3c(NC(C)(C)C)c(C(C)(C)C)nc23)nc1. The summed E-state index contributed by atoms with van der Waals surface area (Å²) in [5.74, 6) is 1.14. The number of H-pyrrole nitrogens is 1. The number of nitrogens with zero attached hydrogens (tertiary/aromatic N) is 3. The van der Waals surface area contributed by atoms with Crippen molar-refractivity contribution in [2.45, 2.75) is 59.4 Å². The second-order valence-corrected chi connectivity index (χ2v) is 8.96. The Bertz CT molecular complexity index is 967. The van der Waals surface area contributed by atoms with Gasteiger partial charge in [-0.05, 0) is 39.3 Å². The van der Waals surface area contributed by atoms with Crippen molar-refractivity contribution in [3.63, 3.8) is 0 Å². The molecule has 144 valence electrons.